The second-order valence-electron chi connectivity index (χ2n) is 5.21. The highest BCUT2D eigenvalue weighted by Crippen LogP contribution is 2.50. The van der Waals surface area contributed by atoms with Crippen LogP contribution in [-0.4, -0.2) is 39.8 Å². The van der Waals surface area contributed by atoms with Gasteiger partial charge in [0.15, 0.2) is 18.1 Å². The molecule has 2 aromatic rings. The highest BCUT2D eigenvalue weighted by Gasteiger charge is 2.29. The number of esters is 1. The van der Waals surface area contributed by atoms with Crippen molar-refractivity contribution in [2.75, 3.05) is 33.3 Å². The Balaban J connectivity index is 2.22. The van der Waals surface area contributed by atoms with Crippen LogP contribution < -0.4 is 19.5 Å². The number of methoxy groups -OCH3 is 3. The molecule has 0 atom stereocenters. The van der Waals surface area contributed by atoms with Gasteiger partial charge in [0.2, 0.25) is 5.75 Å². The van der Waals surface area contributed by atoms with E-state index in [-0.39, 0.29) is 37.4 Å². The van der Waals surface area contributed by atoms with E-state index in [0.29, 0.717) is 0 Å². The molecule has 0 aromatic heterocycles. The van der Waals surface area contributed by atoms with Gasteiger partial charge >= 0.3 is 5.97 Å². The minimum atomic E-state index is -0.832. The van der Waals surface area contributed by atoms with Crippen LogP contribution in [0.25, 0.3) is 0 Å². The minimum absolute atomic E-state index is 0.0151. The molecule has 2 aromatic carbocycles. The fourth-order valence-corrected chi connectivity index (χ4v) is 3.98. The molecule has 2 rings (SSSR count). The number of para-hydroxylation sites is 1. The second kappa shape index (κ2) is 9.74. The number of anilines is 1. The fraction of sp³-hybridized carbons (Fsp3) is 0.222. The molecular formula is C18H16Br2FNO6. The topological polar surface area (TPSA) is 83.1 Å². The Hall–Kier alpha value is -2.33. The lowest BCUT2D eigenvalue weighted by Crippen LogP contribution is -2.22. The van der Waals surface area contributed by atoms with E-state index in [0.717, 1.165) is 0 Å². The van der Waals surface area contributed by atoms with Gasteiger partial charge in [-0.1, -0.05) is 12.1 Å². The van der Waals surface area contributed by atoms with Gasteiger partial charge in [0.05, 0.1) is 41.5 Å². The van der Waals surface area contributed by atoms with Crippen LogP contribution >= 0.6 is 31.9 Å². The van der Waals surface area contributed by atoms with Crippen LogP contribution in [0.15, 0.2) is 33.2 Å². The summed E-state index contributed by atoms with van der Waals surface area (Å²) in [5.41, 5.74) is 0.0203. The largest absolute Gasteiger partial charge is 0.492 e. The maximum atomic E-state index is 13.6. The minimum Gasteiger partial charge on any atom is -0.492 e. The Morgan fingerprint density at radius 1 is 0.964 bits per heavy atom. The van der Waals surface area contributed by atoms with Crippen molar-refractivity contribution < 1.29 is 32.9 Å². The molecule has 0 aliphatic carbocycles. The summed E-state index contributed by atoms with van der Waals surface area (Å²) < 4.78 is 34.9. The van der Waals surface area contributed by atoms with E-state index < -0.39 is 24.3 Å². The van der Waals surface area contributed by atoms with Gasteiger partial charge in [0, 0.05) is 0 Å². The van der Waals surface area contributed by atoms with Crippen LogP contribution in [0, 0.1) is 5.82 Å². The Labute approximate surface area is 177 Å². The summed E-state index contributed by atoms with van der Waals surface area (Å²) in [4.78, 5) is 24.5. The molecule has 0 fully saturated rings. The fourth-order valence-electron chi connectivity index (χ4n) is 2.31. The first kappa shape index (κ1) is 22.0. The molecule has 0 aliphatic rings. The molecule has 0 aliphatic heterocycles. The zero-order valence-corrected chi connectivity index (χ0v) is 18.3. The average molecular weight is 521 g/mol. The number of amides is 1. The van der Waals surface area contributed by atoms with Crippen LogP contribution in [0.4, 0.5) is 10.1 Å². The number of carbonyl (C=O) groups is 2. The maximum Gasteiger partial charge on any atom is 0.341 e. The molecule has 10 heteroatoms. The van der Waals surface area contributed by atoms with Crippen LogP contribution in [0.1, 0.15) is 10.4 Å². The van der Waals surface area contributed by atoms with E-state index >= 15 is 0 Å². The first-order valence-electron chi connectivity index (χ1n) is 7.74. The SMILES string of the molecule is COc1c(Br)c(C(=O)OCC(=O)Nc2ccccc2F)c(Br)c(OC)c1OC. The van der Waals surface area contributed by atoms with Gasteiger partial charge in [0.25, 0.3) is 5.91 Å². The van der Waals surface area contributed by atoms with Crippen molar-refractivity contribution in [2.45, 2.75) is 0 Å². The van der Waals surface area contributed by atoms with Crippen LogP contribution in [-0.2, 0) is 9.53 Å². The standard InChI is InChI=1S/C18H16Br2FNO6/c1-25-15-13(19)12(14(20)16(26-2)17(15)27-3)18(24)28-8-11(23)22-10-7-5-4-6-9(10)21/h4-7H,8H2,1-3H3,(H,22,23). The number of benzene rings is 2. The van der Waals surface area contributed by atoms with Gasteiger partial charge in [-0.2, -0.15) is 0 Å². The third kappa shape index (κ3) is 4.56. The number of rotatable bonds is 7. The summed E-state index contributed by atoms with van der Waals surface area (Å²) in [5, 5.41) is 2.33. The molecule has 1 N–H and O–H groups in total. The van der Waals surface area contributed by atoms with E-state index in [9.17, 15) is 14.0 Å². The highest BCUT2D eigenvalue weighted by molar-refractivity contribution is 9.11. The Morgan fingerprint density at radius 3 is 2.00 bits per heavy atom. The summed E-state index contributed by atoms with van der Waals surface area (Å²) in [7, 11) is 4.21. The molecule has 0 spiro atoms. The number of carbonyl (C=O) groups excluding carboxylic acids is 2. The Morgan fingerprint density at radius 2 is 1.50 bits per heavy atom. The molecule has 7 nitrogen and oxygen atoms in total. The molecule has 0 saturated carbocycles. The molecule has 0 saturated heterocycles. The van der Waals surface area contributed by atoms with Crippen LogP contribution in [0.3, 0.4) is 0 Å². The van der Waals surface area contributed by atoms with Crippen molar-refractivity contribution in [3.63, 3.8) is 0 Å². The summed E-state index contributed by atoms with van der Waals surface area (Å²) in [6, 6.07) is 5.65. The lowest BCUT2D eigenvalue weighted by Gasteiger charge is -2.18. The van der Waals surface area contributed by atoms with E-state index in [1.165, 1.54) is 39.5 Å². The van der Waals surface area contributed by atoms with Crippen molar-refractivity contribution in [2.24, 2.45) is 0 Å². The van der Waals surface area contributed by atoms with Gasteiger partial charge in [-0.15, -0.1) is 0 Å². The van der Waals surface area contributed by atoms with Crippen molar-refractivity contribution in [3.05, 3.63) is 44.6 Å². The molecule has 0 bridgehead atoms. The summed E-state index contributed by atoms with van der Waals surface area (Å²) in [6.45, 7) is -0.622. The highest BCUT2D eigenvalue weighted by atomic mass is 79.9. The van der Waals surface area contributed by atoms with E-state index in [1.54, 1.807) is 6.07 Å². The van der Waals surface area contributed by atoms with Crippen molar-refractivity contribution >= 4 is 49.4 Å². The average Bonchev–Trinajstić information content (AvgIpc) is 2.67. The van der Waals surface area contributed by atoms with Gasteiger partial charge in [-0.3, -0.25) is 4.79 Å². The number of ether oxygens (including phenoxy) is 4. The van der Waals surface area contributed by atoms with Crippen molar-refractivity contribution in [3.8, 4) is 17.2 Å². The lowest BCUT2D eigenvalue weighted by molar-refractivity contribution is -0.119. The molecule has 150 valence electrons. The molecule has 0 heterocycles. The third-order valence-corrected chi connectivity index (χ3v) is 5.06. The van der Waals surface area contributed by atoms with E-state index in [1.807, 2.05) is 0 Å². The summed E-state index contributed by atoms with van der Waals surface area (Å²) in [5.74, 6) is -1.44. The van der Waals surface area contributed by atoms with Crippen LogP contribution in [0.2, 0.25) is 0 Å². The zero-order valence-electron chi connectivity index (χ0n) is 15.1. The number of hydrogen-bond donors (Lipinski definition) is 1. The van der Waals surface area contributed by atoms with Crippen molar-refractivity contribution in [1.29, 1.82) is 0 Å². The first-order chi connectivity index (χ1) is 13.3. The predicted molar refractivity (Wildman–Crippen MR) is 107 cm³/mol. The number of hydrogen-bond acceptors (Lipinski definition) is 6. The van der Waals surface area contributed by atoms with Crippen LogP contribution in [0.5, 0.6) is 17.2 Å². The summed E-state index contributed by atoms with van der Waals surface area (Å²) in [6.07, 6.45) is 0. The smallest absolute Gasteiger partial charge is 0.341 e. The Bertz CT molecular complexity index is 875. The monoisotopic (exact) mass is 519 g/mol. The molecule has 1 amide bonds. The normalized spacial score (nSPS) is 10.2. The molecule has 28 heavy (non-hydrogen) atoms. The van der Waals surface area contributed by atoms with Gasteiger partial charge < -0.3 is 24.3 Å². The molecule has 0 radical (unpaired) electrons. The predicted octanol–water partition coefficient (Wildman–Crippen LogP) is 4.17. The van der Waals surface area contributed by atoms with Gasteiger partial charge in [-0.25, -0.2) is 9.18 Å². The number of halogens is 3. The second-order valence-corrected chi connectivity index (χ2v) is 6.79. The lowest BCUT2D eigenvalue weighted by atomic mass is 10.2. The van der Waals surface area contributed by atoms with E-state index in [4.69, 9.17) is 18.9 Å². The van der Waals surface area contributed by atoms with Gasteiger partial charge in [0.1, 0.15) is 5.82 Å². The maximum absolute atomic E-state index is 13.6. The summed E-state index contributed by atoms with van der Waals surface area (Å²) >= 11 is 6.55. The van der Waals surface area contributed by atoms with Gasteiger partial charge in [-0.05, 0) is 44.0 Å². The Kier molecular flexibility index (Phi) is 7.64. The van der Waals surface area contributed by atoms with Crippen molar-refractivity contribution in [1.82, 2.24) is 0 Å². The molecule has 0 unspecified atom stereocenters. The third-order valence-electron chi connectivity index (χ3n) is 3.55. The first-order valence-corrected chi connectivity index (χ1v) is 9.32. The van der Waals surface area contributed by atoms with E-state index in [2.05, 4.69) is 37.2 Å². The quantitative estimate of drug-likeness (QED) is 0.552. The number of nitrogens with one attached hydrogen (secondary N) is 1. The zero-order chi connectivity index (χ0) is 20.8. The molecular weight excluding hydrogens is 505 g/mol.